The van der Waals surface area contributed by atoms with Crippen LogP contribution in [0.15, 0.2) is 53.5 Å². The van der Waals surface area contributed by atoms with Gasteiger partial charge in [0.25, 0.3) is 0 Å². The molecule has 6 nitrogen and oxygen atoms in total. The number of benzene rings is 1. The topological polar surface area (TPSA) is 42.2 Å². The fourth-order valence-corrected chi connectivity index (χ4v) is 7.56. The van der Waals surface area contributed by atoms with Crippen LogP contribution in [0.5, 0.6) is 0 Å². The normalized spacial score (nSPS) is 20.2. The molecule has 140 valence electrons. The van der Waals surface area contributed by atoms with E-state index >= 15 is 0 Å². The van der Waals surface area contributed by atoms with Gasteiger partial charge < -0.3 is 14.0 Å². The highest BCUT2D eigenvalue weighted by molar-refractivity contribution is 7.69. The molecule has 7 heteroatoms. The maximum absolute atomic E-state index is 5.66. The molecule has 1 aromatic carbocycles. The summed E-state index contributed by atoms with van der Waals surface area (Å²) in [4.78, 5) is 0. The van der Waals surface area contributed by atoms with Crippen LogP contribution in [-0.4, -0.2) is 66.5 Å². The highest BCUT2D eigenvalue weighted by atomic mass is 31.2. The highest BCUT2D eigenvalue weighted by Gasteiger charge is 2.38. The van der Waals surface area contributed by atoms with Crippen LogP contribution in [0.2, 0.25) is 0 Å². The highest BCUT2D eigenvalue weighted by Crippen LogP contribution is 2.57. The molecule has 0 aliphatic carbocycles. The van der Waals surface area contributed by atoms with Gasteiger partial charge in [0.05, 0.1) is 32.1 Å². The Bertz CT molecular complexity index is 743. The summed E-state index contributed by atoms with van der Waals surface area (Å²) < 4.78 is 24.1. The summed E-state index contributed by atoms with van der Waals surface area (Å²) in [5, 5.41) is 1.31. The maximum atomic E-state index is 5.66. The first-order valence-corrected chi connectivity index (χ1v) is 10.9. The summed E-state index contributed by atoms with van der Waals surface area (Å²) in [6, 6.07) is 12.6. The molecule has 0 atom stereocenters. The molecule has 2 aromatic rings. The number of nitrogens with zero attached hydrogens (tertiary/aromatic N) is 4. The van der Waals surface area contributed by atoms with E-state index in [1.807, 2.05) is 6.07 Å². The minimum absolute atomic E-state index is 0.767. The first-order valence-electron chi connectivity index (χ1n) is 9.25. The Morgan fingerprint density at radius 3 is 1.92 bits per heavy atom. The van der Waals surface area contributed by atoms with Gasteiger partial charge in [-0.3, -0.25) is 0 Å². The van der Waals surface area contributed by atoms with E-state index in [0.717, 1.165) is 58.3 Å². The molecule has 4 rings (SSSR count). The van der Waals surface area contributed by atoms with Crippen molar-refractivity contribution in [3.63, 3.8) is 0 Å². The molecule has 0 radical (unpaired) electrons. The van der Waals surface area contributed by atoms with Crippen LogP contribution < -0.4 is 5.30 Å². The van der Waals surface area contributed by atoms with Gasteiger partial charge in [-0.05, 0) is 18.2 Å². The molecule has 0 N–H and O–H groups in total. The van der Waals surface area contributed by atoms with Crippen LogP contribution in [0.3, 0.4) is 0 Å². The van der Waals surface area contributed by atoms with Gasteiger partial charge in [-0.1, -0.05) is 18.2 Å². The van der Waals surface area contributed by atoms with Gasteiger partial charge in [-0.25, -0.2) is 14.1 Å². The van der Waals surface area contributed by atoms with Crippen molar-refractivity contribution in [2.24, 2.45) is 11.8 Å². The van der Waals surface area contributed by atoms with Gasteiger partial charge in [0.2, 0.25) is 0 Å². The number of aryl methyl sites for hydroxylation is 1. The smallest absolute Gasteiger partial charge is 0.134 e. The number of aromatic nitrogens is 1. The van der Waals surface area contributed by atoms with Crippen LogP contribution in [0.25, 0.3) is 0 Å². The van der Waals surface area contributed by atoms with Crippen LogP contribution in [0, 0.1) is 0 Å². The lowest BCUT2D eigenvalue weighted by Crippen LogP contribution is -2.46. The monoisotopic (exact) mass is 374 g/mol. The zero-order valence-electron chi connectivity index (χ0n) is 15.3. The number of rotatable bonds is 4. The molecular weight excluding hydrogens is 347 g/mol. The average Bonchev–Trinajstić information content (AvgIpc) is 3.15. The van der Waals surface area contributed by atoms with Crippen molar-refractivity contribution in [3.8, 4) is 0 Å². The second kappa shape index (κ2) is 8.07. The van der Waals surface area contributed by atoms with Gasteiger partial charge >= 0.3 is 0 Å². The molecule has 0 saturated carbocycles. The van der Waals surface area contributed by atoms with E-state index in [0.29, 0.717) is 0 Å². The van der Waals surface area contributed by atoms with Crippen molar-refractivity contribution in [2.75, 3.05) is 52.6 Å². The molecule has 0 unspecified atom stereocenters. The lowest BCUT2D eigenvalue weighted by molar-refractivity contribution is 0.0579. The van der Waals surface area contributed by atoms with E-state index in [2.05, 4.69) is 63.7 Å². The lowest BCUT2D eigenvalue weighted by Gasteiger charge is -2.46. The predicted molar refractivity (Wildman–Crippen MR) is 105 cm³/mol. The van der Waals surface area contributed by atoms with Crippen LogP contribution in [0.1, 0.15) is 0 Å². The Labute approximate surface area is 155 Å². The van der Waals surface area contributed by atoms with E-state index in [9.17, 15) is 0 Å². The van der Waals surface area contributed by atoms with E-state index in [4.69, 9.17) is 14.2 Å². The first kappa shape index (κ1) is 18.0. The maximum Gasteiger partial charge on any atom is 0.134 e. The summed E-state index contributed by atoms with van der Waals surface area (Å²) in [5.41, 5.74) is 1.04. The Kier molecular flexibility index (Phi) is 5.57. The van der Waals surface area contributed by atoms with Crippen LogP contribution >= 0.6 is 7.36 Å². The van der Waals surface area contributed by atoms with Crippen LogP contribution in [-0.2, 0) is 16.5 Å². The molecule has 1 aromatic heterocycles. The summed E-state index contributed by atoms with van der Waals surface area (Å²) in [6.45, 7) is 6.72. The van der Waals surface area contributed by atoms with Crippen molar-refractivity contribution in [1.82, 2.24) is 13.9 Å². The van der Waals surface area contributed by atoms with Crippen LogP contribution in [0.4, 0.5) is 5.69 Å². The van der Waals surface area contributed by atoms with Crippen molar-refractivity contribution in [3.05, 3.63) is 48.8 Å². The Morgan fingerprint density at radius 1 is 0.846 bits per heavy atom. The van der Waals surface area contributed by atoms with E-state index in [-0.39, 0.29) is 0 Å². The van der Waals surface area contributed by atoms with Gasteiger partial charge in [0, 0.05) is 50.9 Å². The Hall–Kier alpha value is -1.43. The van der Waals surface area contributed by atoms with Crippen molar-refractivity contribution in [2.45, 2.75) is 0 Å². The van der Waals surface area contributed by atoms with E-state index < -0.39 is 7.36 Å². The molecule has 0 spiro atoms. The molecule has 0 bridgehead atoms. The number of ether oxygens (including phenoxy) is 2. The molecule has 0 amide bonds. The minimum atomic E-state index is -2.09. The first-order chi connectivity index (χ1) is 12.8. The van der Waals surface area contributed by atoms with Gasteiger partial charge in [0.1, 0.15) is 7.36 Å². The van der Waals surface area contributed by atoms with Crippen molar-refractivity contribution >= 4 is 18.3 Å². The average molecular weight is 374 g/mol. The second-order valence-electron chi connectivity index (χ2n) is 6.67. The fourth-order valence-electron chi connectivity index (χ4n) is 3.68. The summed E-state index contributed by atoms with van der Waals surface area (Å²) in [6.07, 6.45) is 4.37. The van der Waals surface area contributed by atoms with E-state index in [1.54, 1.807) is 0 Å². The van der Waals surface area contributed by atoms with E-state index in [1.165, 1.54) is 5.30 Å². The van der Waals surface area contributed by atoms with Crippen molar-refractivity contribution in [1.29, 1.82) is 0 Å². The third kappa shape index (κ3) is 3.53. The van der Waals surface area contributed by atoms with Crippen molar-refractivity contribution < 1.29 is 9.47 Å². The van der Waals surface area contributed by atoms with Gasteiger partial charge in [-0.15, -0.1) is 0 Å². The molecule has 26 heavy (non-hydrogen) atoms. The van der Waals surface area contributed by atoms with Gasteiger partial charge in [0.15, 0.2) is 0 Å². The fraction of sp³-hybridized carbons (Fsp3) is 0.474. The third-order valence-corrected chi connectivity index (χ3v) is 8.78. The molecule has 2 aliphatic heterocycles. The third-order valence-electron chi connectivity index (χ3n) is 4.94. The Morgan fingerprint density at radius 2 is 1.42 bits per heavy atom. The summed E-state index contributed by atoms with van der Waals surface area (Å²) >= 11 is 0. The molecule has 2 aliphatic rings. The predicted octanol–water partition coefficient (Wildman–Crippen LogP) is 2.68. The zero-order valence-corrected chi connectivity index (χ0v) is 16.2. The SMILES string of the molecule is Cn1ccc(P(=Nc2ccccc2)(N2CCOCC2)N2CCOCC2)c1. The number of hydrogen-bond donors (Lipinski definition) is 0. The lowest BCUT2D eigenvalue weighted by atomic mass is 10.3. The standard InChI is InChI=1S/C19H27N4O2P/c1-21-8-7-19(17-21)26(22-9-13-24-14-10-22,23-11-15-25-16-12-23)20-18-5-3-2-4-6-18/h2-8,17H,9-16H2,1H3. The number of hydrogen-bond acceptors (Lipinski definition) is 3. The zero-order chi connectivity index (χ0) is 17.8. The van der Waals surface area contributed by atoms with Gasteiger partial charge in [-0.2, -0.15) is 0 Å². The minimum Gasteiger partial charge on any atom is -0.379 e. The second-order valence-corrected chi connectivity index (χ2v) is 9.66. The number of morpholine rings is 2. The molecular formula is C19H27N4O2P. The summed E-state index contributed by atoms with van der Waals surface area (Å²) in [5.74, 6) is 0. The quantitative estimate of drug-likeness (QED) is 0.772. The Balaban J connectivity index is 1.90. The molecule has 2 saturated heterocycles. The molecule has 3 heterocycles. The molecule has 2 fully saturated rings. The largest absolute Gasteiger partial charge is 0.379 e. The summed E-state index contributed by atoms with van der Waals surface area (Å²) in [7, 11) is -0.00693.